The van der Waals surface area contributed by atoms with Crippen molar-refractivity contribution in [2.45, 2.75) is 56.5 Å². The minimum absolute atomic E-state index is 0.189. The average molecular weight is 436 g/mol. The van der Waals surface area contributed by atoms with Crippen molar-refractivity contribution in [2.24, 2.45) is 0 Å². The van der Waals surface area contributed by atoms with Gasteiger partial charge < -0.3 is 10.0 Å². The van der Waals surface area contributed by atoms with Crippen LogP contribution < -0.4 is 10.5 Å². The van der Waals surface area contributed by atoms with Crippen molar-refractivity contribution in [3.05, 3.63) is 63.2 Å². The Kier molecular flexibility index (Phi) is 4.41. The van der Waals surface area contributed by atoms with Crippen molar-refractivity contribution < 1.29 is 5.11 Å². The summed E-state index contributed by atoms with van der Waals surface area (Å²) >= 11 is 6.43. The summed E-state index contributed by atoms with van der Waals surface area (Å²) in [5.41, 5.74) is 4.02. The van der Waals surface area contributed by atoms with Crippen molar-refractivity contribution in [1.29, 1.82) is 0 Å². The summed E-state index contributed by atoms with van der Waals surface area (Å²) < 4.78 is 2.19. The standard InChI is InChI=1S/C25H26ClN3O2/c26-19-5-4-6-21-22(19)23(31)27-24-25(11-2-1-3-12-25)18-15-16(7-8-20(18)29(21)24)28-13-9-17(30)10-14-28/h4-8,15,17,30H,1-3,9-14H2. The molecule has 2 aromatic carbocycles. The maximum absolute atomic E-state index is 13.0. The van der Waals surface area contributed by atoms with Crippen molar-refractivity contribution in [1.82, 2.24) is 9.55 Å². The van der Waals surface area contributed by atoms with Crippen molar-refractivity contribution in [3.8, 4) is 5.69 Å². The first-order valence-corrected chi connectivity index (χ1v) is 11.8. The molecule has 6 heteroatoms. The Balaban J connectivity index is 1.60. The van der Waals surface area contributed by atoms with Crippen LogP contribution in [0.1, 0.15) is 56.3 Å². The molecule has 1 aromatic heterocycles. The van der Waals surface area contributed by atoms with Crippen molar-refractivity contribution in [3.63, 3.8) is 0 Å². The number of aromatic nitrogens is 2. The third-order valence-electron chi connectivity index (χ3n) is 7.57. The number of nitrogens with zero attached hydrogens (tertiary/aromatic N) is 3. The van der Waals surface area contributed by atoms with Gasteiger partial charge in [-0.05, 0) is 61.6 Å². The summed E-state index contributed by atoms with van der Waals surface area (Å²) in [6.45, 7) is 1.74. The highest BCUT2D eigenvalue weighted by atomic mass is 35.5. The average Bonchev–Trinajstić information content (AvgIpc) is 3.04. The molecule has 0 amide bonds. The fourth-order valence-corrected chi connectivity index (χ4v) is 6.23. The van der Waals surface area contributed by atoms with E-state index in [1.807, 2.05) is 12.1 Å². The van der Waals surface area contributed by atoms with E-state index in [0.717, 1.165) is 68.6 Å². The van der Waals surface area contributed by atoms with Gasteiger partial charge in [-0.25, -0.2) is 0 Å². The van der Waals surface area contributed by atoms with E-state index in [1.165, 1.54) is 17.7 Å². The van der Waals surface area contributed by atoms with E-state index in [4.69, 9.17) is 11.6 Å². The third kappa shape index (κ3) is 2.79. The lowest BCUT2D eigenvalue weighted by Crippen LogP contribution is -2.36. The largest absolute Gasteiger partial charge is 0.393 e. The second-order valence-electron chi connectivity index (χ2n) is 9.27. The zero-order valence-corrected chi connectivity index (χ0v) is 18.2. The highest BCUT2D eigenvalue weighted by Gasteiger charge is 2.46. The molecule has 1 saturated heterocycles. The first kappa shape index (κ1) is 19.3. The van der Waals surface area contributed by atoms with Gasteiger partial charge in [-0.3, -0.25) is 9.36 Å². The molecule has 2 aliphatic heterocycles. The predicted octanol–water partition coefficient (Wildman–Crippen LogP) is 4.56. The molecule has 1 N–H and O–H groups in total. The second kappa shape index (κ2) is 7.07. The number of aliphatic hydroxyl groups excluding tert-OH is 1. The molecule has 0 unspecified atom stereocenters. The smallest absolute Gasteiger partial charge is 0.282 e. The van der Waals surface area contributed by atoms with Gasteiger partial charge in [0.1, 0.15) is 5.82 Å². The van der Waals surface area contributed by atoms with Crippen LogP contribution in [0.2, 0.25) is 5.02 Å². The molecule has 3 aromatic rings. The van der Waals surface area contributed by atoms with Gasteiger partial charge >= 0.3 is 0 Å². The number of anilines is 1. The zero-order valence-electron chi connectivity index (χ0n) is 17.5. The van der Waals surface area contributed by atoms with Gasteiger partial charge in [0.15, 0.2) is 0 Å². The Morgan fingerprint density at radius 3 is 2.61 bits per heavy atom. The zero-order chi connectivity index (χ0) is 21.2. The maximum atomic E-state index is 13.0. The van der Waals surface area contributed by atoms with Crippen LogP contribution in [0.15, 0.2) is 41.2 Å². The van der Waals surface area contributed by atoms with Gasteiger partial charge in [0, 0.05) is 18.8 Å². The molecule has 5 nitrogen and oxygen atoms in total. The van der Waals surface area contributed by atoms with Gasteiger partial charge in [0.25, 0.3) is 5.56 Å². The van der Waals surface area contributed by atoms with Crippen LogP contribution in [0.5, 0.6) is 0 Å². The van der Waals surface area contributed by atoms with E-state index in [-0.39, 0.29) is 17.1 Å². The molecule has 0 bridgehead atoms. The highest BCUT2D eigenvalue weighted by Crippen LogP contribution is 2.52. The fraction of sp³-hybridized carbons (Fsp3) is 0.440. The second-order valence-corrected chi connectivity index (χ2v) is 9.68. The molecule has 1 spiro atoms. The molecule has 3 heterocycles. The van der Waals surface area contributed by atoms with Crippen LogP contribution in [0.3, 0.4) is 0 Å². The predicted molar refractivity (Wildman–Crippen MR) is 124 cm³/mol. The molecule has 0 atom stereocenters. The monoisotopic (exact) mass is 435 g/mol. The minimum atomic E-state index is -0.227. The van der Waals surface area contributed by atoms with E-state index >= 15 is 0 Å². The van der Waals surface area contributed by atoms with Gasteiger partial charge in [-0.15, -0.1) is 0 Å². The van der Waals surface area contributed by atoms with Crippen molar-refractivity contribution in [2.75, 3.05) is 18.0 Å². The lowest BCUT2D eigenvalue weighted by Gasteiger charge is -2.35. The third-order valence-corrected chi connectivity index (χ3v) is 7.88. The van der Waals surface area contributed by atoms with Crippen LogP contribution in [0, 0.1) is 0 Å². The molecule has 160 valence electrons. The molecule has 1 saturated carbocycles. The Morgan fingerprint density at radius 2 is 1.84 bits per heavy atom. The summed E-state index contributed by atoms with van der Waals surface area (Å²) in [6, 6.07) is 12.4. The van der Waals surface area contributed by atoms with E-state index in [9.17, 15) is 9.90 Å². The van der Waals surface area contributed by atoms with Crippen molar-refractivity contribution >= 4 is 28.2 Å². The summed E-state index contributed by atoms with van der Waals surface area (Å²) in [4.78, 5) is 20.1. The van der Waals surface area contributed by atoms with Crippen LogP contribution in [-0.4, -0.2) is 33.9 Å². The number of fused-ring (bicyclic) bond motifs is 7. The molecular formula is C25H26ClN3O2. The lowest BCUT2D eigenvalue weighted by atomic mass is 9.69. The van der Waals surface area contributed by atoms with Gasteiger partial charge in [0.05, 0.1) is 33.1 Å². The van der Waals surface area contributed by atoms with Crippen LogP contribution in [0.25, 0.3) is 16.6 Å². The van der Waals surface area contributed by atoms with E-state index in [1.54, 1.807) is 6.07 Å². The molecule has 3 aliphatic rings. The molecule has 2 fully saturated rings. The molecule has 31 heavy (non-hydrogen) atoms. The van der Waals surface area contributed by atoms with Crippen LogP contribution in [0.4, 0.5) is 5.69 Å². The van der Waals surface area contributed by atoms with E-state index in [0.29, 0.717) is 10.4 Å². The number of benzene rings is 2. The molecule has 1 aliphatic carbocycles. The normalized spacial score (nSPS) is 20.3. The maximum Gasteiger partial charge on any atom is 0.282 e. The molecule has 6 rings (SSSR count). The first-order valence-electron chi connectivity index (χ1n) is 11.4. The fourth-order valence-electron chi connectivity index (χ4n) is 5.98. The number of halogens is 1. The first-order chi connectivity index (χ1) is 15.1. The Morgan fingerprint density at radius 1 is 1.06 bits per heavy atom. The number of rotatable bonds is 1. The minimum Gasteiger partial charge on any atom is -0.393 e. The van der Waals surface area contributed by atoms with Gasteiger partial charge in [-0.2, -0.15) is 4.98 Å². The highest BCUT2D eigenvalue weighted by molar-refractivity contribution is 6.35. The van der Waals surface area contributed by atoms with Gasteiger partial charge in [0.2, 0.25) is 0 Å². The SMILES string of the molecule is O=c1nc2n(c3cccc(Cl)c13)-c1ccc(N3CCC(O)CC3)cc1C21CCCCC1. The van der Waals surface area contributed by atoms with Gasteiger partial charge in [-0.1, -0.05) is 36.9 Å². The summed E-state index contributed by atoms with van der Waals surface area (Å²) in [7, 11) is 0. The van der Waals surface area contributed by atoms with E-state index in [2.05, 4.69) is 32.7 Å². The van der Waals surface area contributed by atoms with E-state index < -0.39 is 0 Å². The van der Waals surface area contributed by atoms with Crippen LogP contribution in [-0.2, 0) is 5.41 Å². The number of hydrogen-bond acceptors (Lipinski definition) is 4. The lowest BCUT2D eigenvalue weighted by molar-refractivity contribution is 0.145. The summed E-state index contributed by atoms with van der Waals surface area (Å²) in [5, 5.41) is 10.9. The Labute approximate surface area is 186 Å². The molecular weight excluding hydrogens is 410 g/mol. The summed E-state index contributed by atoms with van der Waals surface area (Å²) in [5.74, 6) is 0.883. The topological polar surface area (TPSA) is 58.4 Å². The molecule has 0 radical (unpaired) electrons. The Hall–Kier alpha value is -2.37. The Bertz CT molecular complexity index is 1240. The number of hydrogen-bond donors (Lipinski definition) is 1. The number of piperidine rings is 1. The number of aliphatic hydroxyl groups is 1. The van der Waals surface area contributed by atoms with Crippen LogP contribution >= 0.6 is 11.6 Å². The summed E-state index contributed by atoms with van der Waals surface area (Å²) in [6.07, 6.45) is 6.96. The quantitative estimate of drug-likeness (QED) is 0.608.